The van der Waals surface area contributed by atoms with Gasteiger partial charge >= 0.3 is 0 Å². The van der Waals surface area contributed by atoms with Gasteiger partial charge in [0.25, 0.3) is 0 Å². The third kappa shape index (κ3) is 2.82. The standard InChI is InChI=1S/C23H29N5O2/c1-25(2)20(29)15-28-18-9-5-12-24-21(18)27-13-6-10-19(27)23(28)11-14-26(16-23)22(30)17-7-3-4-8-17/h5-6,9-10,12-13,17H,3-4,7-8,11,14-16H2,1-2H3/t23-/m1/s1. The van der Waals surface area contributed by atoms with E-state index in [-0.39, 0.29) is 18.4 Å². The highest BCUT2D eigenvalue weighted by Crippen LogP contribution is 2.47. The van der Waals surface area contributed by atoms with Gasteiger partial charge < -0.3 is 19.3 Å². The van der Waals surface area contributed by atoms with Gasteiger partial charge in [-0.15, -0.1) is 0 Å². The summed E-state index contributed by atoms with van der Waals surface area (Å²) >= 11 is 0. The molecule has 5 rings (SSSR count). The van der Waals surface area contributed by atoms with Gasteiger partial charge in [-0.05, 0) is 43.5 Å². The van der Waals surface area contributed by atoms with Gasteiger partial charge in [0.2, 0.25) is 11.8 Å². The molecule has 1 aliphatic carbocycles. The number of hydrogen-bond acceptors (Lipinski definition) is 4. The number of hydrogen-bond donors (Lipinski definition) is 0. The van der Waals surface area contributed by atoms with Crippen LogP contribution in [0.5, 0.6) is 0 Å². The van der Waals surface area contributed by atoms with Gasteiger partial charge in [0.05, 0.1) is 17.9 Å². The zero-order chi connectivity index (χ0) is 20.9. The SMILES string of the molecule is CN(C)C(=O)CN1c2cccnc2-n2cccc2[C@]12CCN(C(=O)C1CCCC1)C2. The molecule has 0 unspecified atom stereocenters. The highest BCUT2D eigenvalue weighted by atomic mass is 16.2. The fraction of sp³-hybridized carbons (Fsp3) is 0.522. The molecule has 0 bridgehead atoms. The first kappa shape index (κ1) is 19.2. The second-order valence-corrected chi connectivity index (χ2v) is 9.01. The Balaban J connectivity index is 1.57. The third-order valence-corrected chi connectivity index (χ3v) is 7.08. The monoisotopic (exact) mass is 407 g/mol. The van der Waals surface area contributed by atoms with Crippen LogP contribution in [-0.4, -0.2) is 64.9 Å². The van der Waals surface area contributed by atoms with E-state index in [0.717, 1.165) is 55.8 Å². The lowest BCUT2D eigenvalue weighted by Gasteiger charge is -2.47. The predicted molar refractivity (Wildman–Crippen MR) is 114 cm³/mol. The van der Waals surface area contributed by atoms with Crippen LogP contribution in [0, 0.1) is 5.92 Å². The van der Waals surface area contributed by atoms with E-state index in [1.54, 1.807) is 25.2 Å². The number of carbonyl (C=O) groups excluding carboxylic acids is 2. The van der Waals surface area contributed by atoms with Gasteiger partial charge in [0.1, 0.15) is 5.54 Å². The number of amides is 2. The molecule has 2 aromatic rings. The predicted octanol–water partition coefficient (Wildman–Crippen LogP) is 2.40. The van der Waals surface area contributed by atoms with Crippen molar-refractivity contribution in [3.05, 3.63) is 42.4 Å². The van der Waals surface area contributed by atoms with E-state index in [0.29, 0.717) is 12.5 Å². The number of nitrogens with zero attached hydrogens (tertiary/aromatic N) is 5. The Morgan fingerprint density at radius 2 is 2.00 bits per heavy atom. The van der Waals surface area contributed by atoms with E-state index in [1.165, 1.54) is 0 Å². The normalized spacial score (nSPS) is 23.0. The molecule has 0 N–H and O–H groups in total. The van der Waals surface area contributed by atoms with Gasteiger partial charge in [-0.1, -0.05) is 12.8 Å². The Morgan fingerprint density at radius 3 is 2.77 bits per heavy atom. The Kier molecular flexibility index (Phi) is 4.56. The van der Waals surface area contributed by atoms with Crippen LogP contribution < -0.4 is 4.90 Å². The third-order valence-electron chi connectivity index (χ3n) is 7.08. The minimum atomic E-state index is -0.417. The quantitative estimate of drug-likeness (QED) is 0.784. The maximum absolute atomic E-state index is 13.2. The number of likely N-dealkylation sites (tertiary alicyclic amines) is 1. The lowest BCUT2D eigenvalue weighted by atomic mass is 9.88. The van der Waals surface area contributed by atoms with Crippen molar-refractivity contribution >= 4 is 17.5 Å². The molecule has 1 atom stereocenters. The smallest absolute Gasteiger partial charge is 0.241 e. The molecule has 1 saturated carbocycles. The van der Waals surface area contributed by atoms with E-state index in [4.69, 9.17) is 0 Å². The second kappa shape index (κ2) is 7.15. The molecule has 158 valence electrons. The van der Waals surface area contributed by atoms with Crippen LogP contribution >= 0.6 is 0 Å². The number of carbonyl (C=O) groups is 2. The Hall–Kier alpha value is -2.83. The molecule has 4 heterocycles. The van der Waals surface area contributed by atoms with Gasteiger partial charge in [-0.2, -0.15) is 0 Å². The molecule has 2 amide bonds. The van der Waals surface area contributed by atoms with Crippen molar-refractivity contribution in [2.45, 2.75) is 37.6 Å². The summed E-state index contributed by atoms with van der Waals surface area (Å²) in [5.74, 6) is 1.35. The summed E-state index contributed by atoms with van der Waals surface area (Å²) in [6, 6.07) is 8.12. The zero-order valence-corrected chi connectivity index (χ0v) is 17.8. The van der Waals surface area contributed by atoms with Crippen molar-refractivity contribution < 1.29 is 9.59 Å². The van der Waals surface area contributed by atoms with Gasteiger partial charge in [0, 0.05) is 45.5 Å². The van der Waals surface area contributed by atoms with Crippen molar-refractivity contribution in [2.75, 3.05) is 38.6 Å². The molecule has 7 nitrogen and oxygen atoms in total. The Bertz CT molecular complexity index is 977. The molecule has 0 radical (unpaired) electrons. The Morgan fingerprint density at radius 1 is 1.20 bits per heavy atom. The number of pyridine rings is 1. The molecule has 1 spiro atoms. The van der Waals surface area contributed by atoms with Gasteiger partial charge in [-0.3, -0.25) is 9.59 Å². The highest BCUT2D eigenvalue weighted by molar-refractivity contribution is 5.84. The molecular weight excluding hydrogens is 378 g/mol. The van der Waals surface area contributed by atoms with Crippen LogP contribution in [0.2, 0.25) is 0 Å². The van der Waals surface area contributed by atoms with E-state index in [1.807, 2.05) is 29.3 Å². The van der Waals surface area contributed by atoms with Crippen molar-refractivity contribution in [3.8, 4) is 5.82 Å². The molecule has 2 aliphatic heterocycles. The van der Waals surface area contributed by atoms with Crippen LogP contribution in [0.15, 0.2) is 36.7 Å². The highest BCUT2D eigenvalue weighted by Gasteiger charge is 2.51. The van der Waals surface area contributed by atoms with E-state index < -0.39 is 5.54 Å². The molecule has 2 aromatic heterocycles. The fourth-order valence-corrected chi connectivity index (χ4v) is 5.45. The van der Waals surface area contributed by atoms with Crippen LogP contribution in [0.1, 0.15) is 37.8 Å². The number of likely N-dealkylation sites (N-methyl/N-ethyl adjacent to an activating group) is 1. The minimum absolute atomic E-state index is 0.0461. The summed E-state index contributed by atoms with van der Waals surface area (Å²) < 4.78 is 2.13. The summed E-state index contributed by atoms with van der Waals surface area (Å²) in [7, 11) is 3.58. The average molecular weight is 408 g/mol. The van der Waals surface area contributed by atoms with E-state index in [2.05, 4.69) is 20.5 Å². The maximum atomic E-state index is 13.2. The average Bonchev–Trinajstić information content (AvgIpc) is 3.51. The molecule has 2 fully saturated rings. The summed E-state index contributed by atoms with van der Waals surface area (Å²) in [4.78, 5) is 36.5. The van der Waals surface area contributed by atoms with Crippen molar-refractivity contribution in [1.29, 1.82) is 0 Å². The first-order chi connectivity index (χ1) is 14.5. The molecule has 0 aromatic carbocycles. The number of aromatic nitrogens is 2. The lowest BCUT2D eigenvalue weighted by molar-refractivity contribution is -0.134. The first-order valence-electron chi connectivity index (χ1n) is 10.9. The largest absolute Gasteiger partial charge is 0.347 e. The van der Waals surface area contributed by atoms with Crippen molar-refractivity contribution in [3.63, 3.8) is 0 Å². The van der Waals surface area contributed by atoms with E-state index in [9.17, 15) is 9.59 Å². The molecule has 1 saturated heterocycles. The summed E-state index contributed by atoms with van der Waals surface area (Å²) in [5, 5.41) is 0. The summed E-state index contributed by atoms with van der Waals surface area (Å²) in [6.45, 7) is 1.60. The zero-order valence-electron chi connectivity index (χ0n) is 17.8. The fourth-order valence-electron chi connectivity index (χ4n) is 5.45. The first-order valence-corrected chi connectivity index (χ1v) is 10.9. The minimum Gasteiger partial charge on any atom is -0.347 e. The number of anilines is 1. The Labute approximate surface area is 177 Å². The van der Waals surface area contributed by atoms with Crippen LogP contribution in [0.3, 0.4) is 0 Å². The van der Waals surface area contributed by atoms with Crippen LogP contribution in [0.4, 0.5) is 5.69 Å². The molecule has 3 aliphatic rings. The molecule has 30 heavy (non-hydrogen) atoms. The molecular formula is C23H29N5O2. The maximum Gasteiger partial charge on any atom is 0.241 e. The number of fused-ring (bicyclic) bond motifs is 4. The molecule has 7 heteroatoms. The van der Waals surface area contributed by atoms with Crippen LogP contribution in [0.25, 0.3) is 5.82 Å². The van der Waals surface area contributed by atoms with Crippen LogP contribution in [-0.2, 0) is 15.1 Å². The topological polar surface area (TPSA) is 61.7 Å². The van der Waals surface area contributed by atoms with Crippen molar-refractivity contribution in [1.82, 2.24) is 19.4 Å². The summed E-state index contributed by atoms with van der Waals surface area (Å²) in [5.41, 5.74) is 1.65. The van der Waals surface area contributed by atoms with Gasteiger partial charge in [0.15, 0.2) is 5.82 Å². The van der Waals surface area contributed by atoms with E-state index >= 15 is 0 Å². The lowest BCUT2D eigenvalue weighted by Crippen LogP contribution is -2.55. The second-order valence-electron chi connectivity index (χ2n) is 9.01. The number of rotatable bonds is 3. The van der Waals surface area contributed by atoms with Crippen molar-refractivity contribution in [2.24, 2.45) is 5.92 Å². The van der Waals surface area contributed by atoms with Gasteiger partial charge in [-0.25, -0.2) is 4.98 Å². The summed E-state index contributed by atoms with van der Waals surface area (Å²) in [6.07, 6.45) is 8.96.